The van der Waals surface area contributed by atoms with Gasteiger partial charge in [0.1, 0.15) is 9.71 Å². The van der Waals surface area contributed by atoms with Crippen LogP contribution in [0.5, 0.6) is 0 Å². The lowest BCUT2D eigenvalue weighted by Gasteiger charge is -2.09. The molecule has 20 heavy (non-hydrogen) atoms. The molecule has 0 saturated heterocycles. The second-order valence-corrected chi connectivity index (χ2v) is 5.52. The summed E-state index contributed by atoms with van der Waals surface area (Å²) >= 11 is 0.988. The van der Waals surface area contributed by atoms with Gasteiger partial charge in [-0.1, -0.05) is 6.92 Å². The van der Waals surface area contributed by atoms with Crippen molar-refractivity contribution < 1.29 is 9.90 Å². The van der Waals surface area contributed by atoms with Crippen LogP contribution >= 0.6 is 11.3 Å². The number of carbonyl (C=O) groups is 1. The zero-order valence-corrected chi connectivity index (χ0v) is 12.4. The summed E-state index contributed by atoms with van der Waals surface area (Å²) in [6.45, 7) is 6.04. The maximum absolute atomic E-state index is 12.4. The van der Waals surface area contributed by atoms with E-state index in [9.17, 15) is 19.5 Å². The first-order chi connectivity index (χ1) is 9.43. The molecule has 2 aromatic rings. The van der Waals surface area contributed by atoms with Gasteiger partial charge in [0.25, 0.3) is 5.56 Å². The van der Waals surface area contributed by atoms with Crippen molar-refractivity contribution in [2.24, 2.45) is 0 Å². The first kappa shape index (κ1) is 14.5. The van der Waals surface area contributed by atoms with E-state index in [1.54, 1.807) is 13.8 Å². The Morgan fingerprint density at radius 3 is 2.40 bits per heavy atom. The van der Waals surface area contributed by atoms with Crippen LogP contribution in [0.4, 0.5) is 0 Å². The molecular formula is C13H16N2O4S. The van der Waals surface area contributed by atoms with Crippen LogP contribution in [-0.2, 0) is 13.1 Å². The third kappa shape index (κ3) is 1.98. The maximum atomic E-state index is 12.4. The van der Waals surface area contributed by atoms with Gasteiger partial charge in [0.15, 0.2) is 0 Å². The molecule has 2 rings (SSSR count). The Balaban J connectivity index is 3.02. The van der Waals surface area contributed by atoms with Crippen molar-refractivity contribution in [1.29, 1.82) is 0 Å². The molecule has 2 aromatic heterocycles. The molecule has 0 aliphatic heterocycles. The second kappa shape index (κ2) is 5.24. The summed E-state index contributed by atoms with van der Waals surface area (Å²) in [5.41, 5.74) is -0.322. The number of carboxylic acids is 1. The van der Waals surface area contributed by atoms with Gasteiger partial charge >= 0.3 is 11.7 Å². The minimum atomic E-state index is -1.07. The van der Waals surface area contributed by atoms with E-state index in [0.717, 1.165) is 11.3 Å². The number of hydrogen-bond acceptors (Lipinski definition) is 4. The standard InChI is InChI=1S/C13H16N2O4S/c1-4-6-15-10(16)8-7(3)9(12(17)18)20-11(8)14(5-2)13(15)19/h4-6H2,1-3H3,(H,17,18). The quantitative estimate of drug-likeness (QED) is 0.930. The van der Waals surface area contributed by atoms with Crippen LogP contribution in [-0.4, -0.2) is 20.2 Å². The SMILES string of the molecule is CCCn1c(=O)c2c(C)c(C(=O)O)sc2n(CC)c1=O. The summed E-state index contributed by atoms with van der Waals surface area (Å²) in [6, 6.07) is 0. The van der Waals surface area contributed by atoms with Gasteiger partial charge in [-0.15, -0.1) is 11.3 Å². The molecule has 0 unspecified atom stereocenters. The molecule has 0 atom stereocenters. The van der Waals surface area contributed by atoms with Crippen molar-refractivity contribution >= 4 is 27.5 Å². The number of nitrogens with zero attached hydrogens (tertiary/aromatic N) is 2. The van der Waals surface area contributed by atoms with E-state index < -0.39 is 11.5 Å². The highest BCUT2D eigenvalue weighted by atomic mass is 32.1. The van der Waals surface area contributed by atoms with Crippen LogP contribution < -0.4 is 11.2 Å². The summed E-state index contributed by atoms with van der Waals surface area (Å²) in [7, 11) is 0. The first-order valence-electron chi connectivity index (χ1n) is 6.44. The number of aryl methyl sites for hydroxylation is 2. The second-order valence-electron chi connectivity index (χ2n) is 4.53. The molecule has 7 heteroatoms. The Hall–Kier alpha value is -1.89. The highest BCUT2D eigenvalue weighted by molar-refractivity contribution is 7.20. The molecule has 6 nitrogen and oxygen atoms in total. The summed E-state index contributed by atoms with van der Waals surface area (Å²) in [5.74, 6) is -1.07. The first-order valence-corrected chi connectivity index (χ1v) is 7.25. The molecular weight excluding hydrogens is 280 g/mol. The number of thiophene rings is 1. The average Bonchev–Trinajstić information content (AvgIpc) is 2.73. The fourth-order valence-electron chi connectivity index (χ4n) is 2.30. The molecule has 0 bridgehead atoms. The van der Waals surface area contributed by atoms with Gasteiger partial charge in [-0.25, -0.2) is 9.59 Å². The Bertz CT molecular complexity index is 797. The van der Waals surface area contributed by atoms with Gasteiger partial charge in [0.2, 0.25) is 0 Å². The van der Waals surface area contributed by atoms with E-state index in [1.807, 2.05) is 6.92 Å². The van der Waals surface area contributed by atoms with Gasteiger partial charge in [0.05, 0.1) is 5.39 Å². The number of fused-ring (bicyclic) bond motifs is 1. The van der Waals surface area contributed by atoms with Crippen molar-refractivity contribution in [1.82, 2.24) is 9.13 Å². The third-order valence-electron chi connectivity index (χ3n) is 3.25. The van der Waals surface area contributed by atoms with E-state index in [1.165, 1.54) is 9.13 Å². The monoisotopic (exact) mass is 296 g/mol. The van der Waals surface area contributed by atoms with Crippen LogP contribution in [0.25, 0.3) is 10.2 Å². The Morgan fingerprint density at radius 2 is 1.90 bits per heavy atom. The topological polar surface area (TPSA) is 81.3 Å². The number of aromatic nitrogens is 2. The molecule has 0 amide bonds. The van der Waals surface area contributed by atoms with Crippen LogP contribution in [0, 0.1) is 6.92 Å². The Kier molecular flexibility index (Phi) is 3.80. The van der Waals surface area contributed by atoms with E-state index in [2.05, 4.69) is 0 Å². The number of hydrogen-bond donors (Lipinski definition) is 1. The molecule has 0 fully saturated rings. The van der Waals surface area contributed by atoms with Crippen LogP contribution in [0.1, 0.15) is 35.5 Å². The fourth-order valence-corrected chi connectivity index (χ4v) is 3.49. The predicted octanol–water partition coefficient (Wildman–Crippen LogP) is 1.66. The minimum Gasteiger partial charge on any atom is -0.477 e. The van der Waals surface area contributed by atoms with E-state index >= 15 is 0 Å². The van der Waals surface area contributed by atoms with Gasteiger partial charge in [-0.3, -0.25) is 13.9 Å². The van der Waals surface area contributed by atoms with Crippen molar-refractivity contribution in [3.05, 3.63) is 31.3 Å². The molecule has 108 valence electrons. The van der Waals surface area contributed by atoms with Crippen molar-refractivity contribution in [2.75, 3.05) is 0 Å². The van der Waals surface area contributed by atoms with E-state index in [4.69, 9.17) is 0 Å². The van der Waals surface area contributed by atoms with Crippen LogP contribution in [0.15, 0.2) is 9.59 Å². The van der Waals surface area contributed by atoms with Crippen LogP contribution in [0.2, 0.25) is 0 Å². The zero-order valence-electron chi connectivity index (χ0n) is 11.6. The minimum absolute atomic E-state index is 0.118. The van der Waals surface area contributed by atoms with E-state index in [0.29, 0.717) is 35.3 Å². The zero-order chi connectivity index (χ0) is 15.0. The lowest BCUT2D eigenvalue weighted by molar-refractivity contribution is 0.0701. The molecule has 0 radical (unpaired) electrons. The third-order valence-corrected chi connectivity index (χ3v) is 4.55. The van der Waals surface area contributed by atoms with Gasteiger partial charge in [-0.2, -0.15) is 0 Å². The number of rotatable bonds is 4. The van der Waals surface area contributed by atoms with Crippen molar-refractivity contribution in [3.8, 4) is 0 Å². The molecule has 0 saturated carbocycles. The molecule has 1 N–H and O–H groups in total. The lowest BCUT2D eigenvalue weighted by atomic mass is 10.2. The smallest absolute Gasteiger partial charge is 0.346 e. The summed E-state index contributed by atoms with van der Waals surface area (Å²) in [5, 5.41) is 9.53. The highest BCUT2D eigenvalue weighted by Crippen LogP contribution is 2.27. The Labute approximate surface area is 118 Å². The van der Waals surface area contributed by atoms with E-state index in [-0.39, 0.29) is 10.6 Å². The lowest BCUT2D eigenvalue weighted by Crippen LogP contribution is -2.39. The summed E-state index contributed by atoms with van der Waals surface area (Å²) in [6.07, 6.45) is 0.666. The summed E-state index contributed by atoms with van der Waals surface area (Å²) in [4.78, 5) is 36.5. The molecule has 0 aromatic carbocycles. The van der Waals surface area contributed by atoms with Crippen LogP contribution in [0.3, 0.4) is 0 Å². The number of carboxylic acid groups (broad SMARTS) is 1. The summed E-state index contributed by atoms with van der Waals surface area (Å²) < 4.78 is 2.66. The highest BCUT2D eigenvalue weighted by Gasteiger charge is 2.21. The molecule has 0 aliphatic rings. The van der Waals surface area contributed by atoms with Crippen molar-refractivity contribution in [3.63, 3.8) is 0 Å². The largest absolute Gasteiger partial charge is 0.477 e. The predicted molar refractivity (Wildman–Crippen MR) is 78.0 cm³/mol. The molecule has 0 aliphatic carbocycles. The van der Waals surface area contributed by atoms with Gasteiger partial charge < -0.3 is 5.11 Å². The normalized spacial score (nSPS) is 11.2. The van der Waals surface area contributed by atoms with Crippen molar-refractivity contribution in [2.45, 2.75) is 40.3 Å². The average molecular weight is 296 g/mol. The Morgan fingerprint density at radius 1 is 1.25 bits per heavy atom. The number of aromatic carboxylic acids is 1. The fraction of sp³-hybridized carbons (Fsp3) is 0.462. The maximum Gasteiger partial charge on any atom is 0.346 e. The molecule has 0 spiro atoms. The van der Waals surface area contributed by atoms with Gasteiger partial charge in [-0.05, 0) is 25.8 Å². The van der Waals surface area contributed by atoms with Gasteiger partial charge in [0, 0.05) is 13.1 Å². The molecule has 2 heterocycles.